The molecule has 1 heterocycles. The number of nitrogens with zero attached hydrogens (tertiary/aromatic N) is 2. The quantitative estimate of drug-likeness (QED) is 0.433. The smallest absolute Gasteiger partial charge is 0.266 e. The number of rotatable bonds is 7. The van der Waals surface area contributed by atoms with E-state index in [2.05, 4.69) is 15.5 Å². The van der Waals surface area contributed by atoms with E-state index < -0.39 is 6.10 Å². The van der Waals surface area contributed by atoms with Gasteiger partial charge in [0.2, 0.25) is 5.13 Å². The summed E-state index contributed by atoms with van der Waals surface area (Å²) < 4.78 is 20.0. The molecule has 2 aromatic carbocycles. The highest BCUT2D eigenvalue weighted by molar-refractivity contribution is 8.00. The zero-order valence-electron chi connectivity index (χ0n) is 15.7. The Kier molecular flexibility index (Phi) is 6.64. The average molecular weight is 418 g/mol. The highest BCUT2D eigenvalue weighted by atomic mass is 32.2. The van der Waals surface area contributed by atoms with Gasteiger partial charge in [-0.25, -0.2) is 4.39 Å². The van der Waals surface area contributed by atoms with Gasteiger partial charge in [0.25, 0.3) is 5.91 Å². The summed E-state index contributed by atoms with van der Waals surface area (Å²) in [6.45, 7) is 5.70. The number of halogens is 1. The van der Waals surface area contributed by atoms with Crippen molar-refractivity contribution in [2.45, 2.75) is 37.0 Å². The van der Waals surface area contributed by atoms with Crippen LogP contribution in [0.3, 0.4) is 0 Å². The first-order chi connectivity index (χ1) is 13.4. The second kappa shape index (κ2) is 9.16. The summed E-state index contributed by atoms with van der Waals surface area (Å²) >= 11 is 2.62. The minimum atomic E-state index is -0.680. The number of nitrogens with one attached hydrogen (secondary N) is 1. The normalized spacial score (nSPS) is 11.9. The molecule has 0 bridgehead atoms. The van der Waals surface area contributed by atoms with Crippen LogP contribution in [0, 0.1) is 19.7 Å². The molecule has 0 radical (unpaired) electrons. The summed E-state index contributed by atoms with van der Waals surface area (Å²) in [6.07, 6.45) is -0.680. The number of hydrogen-bond acceptors (Lipinski definition) is 6. The van der Waals surface area contributed by atoms with E-state index in [1.165, 1.54) is 34.7 Å². The van der Waals surface area contributed by atoms with Crippen molar-refractivity contribution >= 4 is 34.1 Å². The molecule has 3 aromatic rings. The number of carbonyl (C=O) groups is 1. The van der Waals surface area contributed by atoms with Gasteiger partial charge in [-0.3, -0.25) is 10.1 Å². The van der Waals surface area contributed by atoms with Crippen LogP contribution in [0.4, 0.5) is 9.52 Å². The summed E-state index contributed by atoms with van der Waals surface area (Å²) in [5.41, 5.74) is 2.87. The summed E-state index contributed by atoms with van der Waals surface area (Å²) in [5.74, 6) is 0.538. The molecule has 0 spiro atoms. The molecule has 0 aliphatic heterocycles. The summed E-state index contributed by atoms with van der Waals surface area (Å²) in [6, 6.07) is 12.3. The molecule has 3 rings (SSSR count). The lowest BCUT2D eigenvalue weighted by Crippen LogP contribution is -2.30. The molecule has 0 aliphatic carbocycles. The zero-order valence-corrected chi connectivity index (χ0v) is 17.4. The van der Waals surface area contributed by atoms with Crippen LogP contribution < -0.4 is 10.1 Å². The van der Waals surface area contributed by atoms with E-state index in [0.717, 1.165) is 5.56 Å². The lowest BCUT2D eigenvalue weighted by Gasteiger charge is -2.14. The minimum Gasteiger partial charge on any atom is -0.481 e. The van der Waals surface area contributed by atoms with Crippen LogP contribution in [0.5, 0.6) is 5.75 Å². The molecule has 1 amide bonds. The molecule has 146 valence electrons. The SMILES string of the molecule is Cc1ccc(O[C@H](C)C(=O)Nc2nnc(SCc3ccccc3F)s2)cc1C. The topological polar surface area (TPSA) is 64.1 Å². The monoisotopic (exact) mass is 417 g/mol. The van der Waals surface area contributed by atoms with E-state index in [0.29, 0.717) is 26.5 Å². The number of aromatic nitrogens is 2. The average Bonchev–Trinajstić information content (AvgIpc) is 3.11. The Morgan fingerprint density at radius 2 is 2.00 bits per heavy atom. The molecule has 0 saturated carbocycles. The highest BCUT2D eigenvalue weighted by Gasteiger charge is 2.17. The molecule has 0 unspecified atom stereocenters. The van der Waals surface area contributed by atoms with Gasteiger partial charge in [0, 0.05) is 5.75 Å². The zero-order chi connectivity index (χ0) is 20.1. The Balaban J connectivity index is 1.54. The Hall–Kier alpha value is -2.45. The number of anilines is 1. The molecular weight excluding hydrogens is 397 g/mol. The van der Waals surface area contributed by atoms with Crippen molar-refractivity contribution in [2.24, 2.45) is 0 Å². The van der Waals surface area contributed by atoms with Crippen LogP contribution in [0.1, 0.15) is 23.6 Å². The molecule has 28 heavy (non-hydrogen) atoms. The van der Waals surface area contributed by atoms with E-state index in [9.17, 15) is 9.18 Å². The third-order valence-corrected chi connectivity index (χ3v) is 6.13. The van der Waals surface area contributed by atoms with E-state index >= 15 is 0 Å². The predicted octanol–water partition coefficient (Wildman–Crippen LogP) is 4.99. The van der Waals surface area contributed by atoms with E-state index in [1.54, 1.807) is 25.1 Å². The Labute approximate surface area is 171 Å². The molecular formula is C20H20FN3O2S2. The maximum Gasteiger partial charge on any atom is 0.266 e. The molecule has 1 N–H and O–H groups in total. The van der Waals surface area contributed by atoms with Gasteiger partial charge >= 0.3 is 0 Å². The fourth-order valence-corrected chi connectivity index (χ4v) is 4.07. The number of hydrogen-bond donors (Lipinski definition) is 1. The Bertz CT molecular complexity index is 978. The second-order valence-electron chi connectivity index (χ2n) is 6.25. The number of amides is 1. The highest BCUT2D eigenvalue weighted by Crippen LogP contribution is 2.29. The molecule has 0 saturated heterocycles. The van der Waals surface area contributed by atoms with Crippen molar-refractivity contribution in [3.05, 3.63) is 65.0 Å². The number of benzene rings is 2. The Morgan fingerprint density at radius 1 is 1.21 bits per heavy atom. The predicted molar refractivity (Wildman–Crippen MR) is 111 cm³/mol. The van der Waals surface area contributed by atoms with Crippen molar-refractivity contribution in [1.29, 1.82) is 0 Å². The fourth-order valence-electron chi connectivity index (χ4n) is 2.33. The van der Waals surface area contributed by atoms with E-state index in [1.807, 2.05) is 32.0 Å². The standard InChI is InChI=1S/C20H20FN3O2S2/c1-12-8-9-16(10-13(12)2)26-14(3)18(25)22-19-23-24-20(28-19)27-11-15-6-4-5-7-17(15)21/h4-10,14H,11H2,1-3H3,(H,22,23,25)/t14-/m1/s1. The molecule has 1 atom stereocenters. The van der Waals surface area contributed by atoms with E-state index in [-0.39, 0.29) is 11.7 Å². The maximum absolute atomic E-state index is 13.7. The number of ether oxygens (including phenoxy) is 1. The first kappa shape index (κ1) is 20.3. The largest absolute Gasteiger partial charge is 0.481 e. The van der Waals surface area contributed by atoms with Crippen molar-refractivity contribution in [3.63, 3.8) is 0 Å². The number of carbonyl (C=O) groups excluding carboxylic acids is 1. The first-order valence-corrected chi connectivity index (χ1v) is 10.5. The Morgan fingerprint density at radius 3 is 2.75 bits per heavy atom. The van der Waals surface area contributed by atoms with Crippen molar-refractivity contribution in [2.75, 3.05) is 5.32 Å². The summed E-state index contributed by atoms with van der Waals surface area (Å²) in [4.78, 5) is 12.3. The number of thioether (sulfide) groups is 1. The third-order valence-electron chi connectivity index (χ3n) is 4.11. The molecule has 5 nitrogen and oxygen atoms in total. The van der Waals surface area contributed by atoms with Crippen LogP contribution in [0.25, 0.3) is 0 Å². The summed E-state index contributed by atoms with van der Waals surface area (Å²) in [7, 11) is 0. The van der Waals surface area contributed by atoms with E-state index in [4.69, 9.17) is 4.74 Å². The summed E-state index contributed by atoms with van der Waals surface area (Å²) in [5, 5.41) is 11.1. The van der Waals surface area contributed by atoms with Gasteiger partial charge < -0.3 is 4.74 Å². The van der Waals surface area contributed by atoms with Crippen LogP contribution >= 0.6 is 23.1 Å². The molecule has 1 aromatic heterocycles. The molecule has 0 fully saturated rings. The van der Waals surface area contributed by atoms with Crippen molar-refractivity contribution in [1.82, 2.24) is 10.2 Å². The van der Waals surface area contributed by atoms with Gasteiger partial charge in [0.1, 0.15) is 11.6 Å². The van der Waals surface area contributed by atoms with Gasteiger partial charge in [0.05, 0.1) is 0 Å². The lowest BCUT2D eigenvalue weighted by atomic mass is 10.1. The van der Waals surface area contributed by atoms with Crippen molar-refractivity contribution < 1.29 is 13.9 Å². The van der Waals surface area contributed by atoms with Gasteiger partial charge in [-0.1, -0.05) is 47.4 Å². The van der Waals surface area contributed by atoms with Gasteiger partial charge in [-0.2, -0.15) is 0 Å². The first-order valence-electron chi connectivity index (χ1n) is 8.67. The lowest BCUT2D eigenvalue weighted by molar-refractivity contribution is -0.122. The van der Waals surface area contributed by atoms with Crippen LogP contribution in [-0.4, -0.2) is 22.2 Å². The molecule has 8 heteroatoms. The van der Waals surface area contributed by atoms with Crippen LogP contribution in [-0.2, 0) is 10.5 Å². The third kappa shape index (κ3) is 5.30. The minimum absolute atomic E-state index is 0.245. The maximum atomic E-state index is 13.7. The molecule has 0 aliphatic rings. The number of aryl methyl sites for hydroxylation is 2. The fraction of sp³-hybridized carbons (Fsp3) is 0.250. The van der Waals surface area contributed by atoms with Gasteiger partial charge in [-0.05, 0) is 55.7 Å². The van der Waals surface area contributed by atoms with Gasteiger partial charge in [0.15, 0.2) is 10.4 Å². The van der Waals surface area contributed by atoms with Crippen LogP contribution in [0.15, 0.2) is 46.8 Å². The van der Waals surface area contributed by atoms with Gasteiger partial charge in [-0.15, -0.1) is 10.2 Å². The van der Waals surface area contributed by atoms with Crippen molar-refractivity contribution in [3.8, 4) is 5.75 Å². The van der Waals surface area contributed by atoms with Crippen LogP contribution in [0.2, 0.25) is 0 Å². The second-order valence-corrected chi connectivity index (χ2v) is 8.45.